The van der Waals surface area contributed by atoms with Crippen LogP contribution in [-0.4, -0.2) is 17.4 Å². The van der Waals surface area contributed by atoms with Crippen LogP contribution in [0.1, 0.15) is 22.3 Å². The predicted molar refractivity (Wildman–Crippen MR) is 110 cm³/mol. The average Bonchev–Trinajstić information content (AvgIpc) is 2.67. The van der Waals surface area contributed by atoms with Crippen LogP contribution < -0.4 is 0 Å². The Hall–Kier alpha value is -3.60. The maximum Gasteiger partial charge on any atom is 0.296 e. The van der Waals surface area contributed by atoms with Gasteiger partial charge < -0.3 is 0 Å². The molecule has 3 rings (SSSR count). The van der Waals surface area contributed by atoms with E-state index in [1.165, 1.54) is 6.07 Å². The minimum atomic E-state index is -0.433. The van der Waals surface area contributed by atoms with E-state index in [1.54, 1.807) is 24.6 Å². The topological polar surface area (TPSA) is 67.9 Å². The molecule has 134 valence electrons. The van der Waals surface area contributed by atoms with Crippen molar-refractivity contribution in [3.05, 3.63) is 99.1 Å². The Morgan fingerprint density at radius 3 is 1.93 bits per heavy atom. The molecule has 0 bridgehead atoms. The van der Waals surface area contributed by atoms with Gasteiger partial charge in [0.05, 0.1) is 10.6 Å². The molecule has 0 aliphatic heterocycles. The first-order chi connectivity index (χ1) is 13.0. The summed E-state index contributed by atoms with van der Waals surface area (Å²) in [5.41, 5.74) is 4.80. The Morgan fingerprint density at radius 2 is 1.37 bits per heavy atom. The van der Waals surface area contributed by atoms with Crippen molar-refractivity contribution in [1.29, 1.82) is 0 Å². The van der Waals surface area contributed by atoms with Gasteiger partial charge in [-0.3, -0.25) is 15.1 Å². The van der Waals surface area contributed by atoms with Gasteiger partial charge in [-0.15, -0.1) is 0 Å². The average molecular weight is 357 g/mol. The van der Waals surface area contributed by atoms with Crippen molar-refractivity contribution in [2.75, 3.05) is 0 Å². The largest absolute Gasteiger partial charge is 0.296 e. The molecule has 0 saturated carbocycles. The lowest BCUT2D eigenvalue weighted by molar-refractivity contribution is -0.384. The lowest BCUT2D eigenvalue weighted by Crippen LogP contribution is -1.90. The van der Waals surface area contributed by atoms with Crippen LogP contribution in [0.2, 0.25) is 0 Å². The molecule has 0 radical (unpaired) electrons. The summed E-state index contributed by atoms with van der Waals surface area (Å²) in [6, 6.07) is 20.4. The first-order valence-electron chi connectivity index (χ1n) is 8.52. The van der Waals surface area contributed by atoms with E-state index >= 15 is 0 Å². The van der Waals surface area contributed by atoms with Crippen molar-refractivity contribution < 1.29 is 4.92 Å². The van der Waals surface area contributed by atoms with Gasteiger partial charge in [0.25, 0.3) is 5.69 Å². The van der Waals surface area contributed by atoms with Gasteiger partial charge in [-0.25, -0.2) is 4.99 Å². The van der Waals surface area contributed by atoms with Crippen LogP contribution in [0.25, 0.3) is 0 Å². The maximum absolute atomic E-state index is 11.5. The fraction of sp³-hybridized carbons (Fsp3) is 0.0909. The Morgan fingerprint density at radius 1 is 0.815 bits per heavy atom. The summed E-state index contributed by atoms with van der Waals surface area (Å²) in [7, 11) is 0. The third-order valence-corrected chi connectivity index (χ3v) is 4.23. The molecule has 3 aromatic rings. The molecule has 0 aliphatic rings. The molecule has 3 aromatic carbocycles. The molecule has 0 saturated heterocycles. The molecule has 0 spiro atoms. The molecule has 5 nitrogen and oxygen atoms in total. The highest BCUT2D eigenvalue weighted by atomic mass is 16.6. The SMILES string of the molecule is Cc1ccccc1C=Nc1ccc(N=Cc2ccccc2C)c([N+](=O)[O-])c1. The summed E-state index contributed by atoms with van der Waals surface area (Å²) >= 11 is 0. The van der Waals surface area contributed by atoms with E-state index in [1.807, 2.05) is 62.4 Å². The fourth-order valence-corrected chi connectivity index (χ4v) is 2.59. The Balaban J connectivity index is 1.90. The summed E-state index contributed by atoms with van der Waals surface area (Å²) in [6.07, 6.45) is 3.36. The summed E-state index contributed by atoms with van der Waals surface area (Å²) in [4.78, 5) is 19.7. The fourth-order valence-electron chi connectivity index (χ4n) is 2.59. The molecular weight excluding hydrogens is 338 g/mol. The highest BCUT2D eigenvalue weighted by Crippen LogP contribution is 2.31. The zero-order valence-corrected chi connectivity index (χ0v) is 15.2. The second kappa shape index (κ2) is 8.19. The number of nitrogens with zero attached hydrogens (tertiary/aromatic N) is 3. The lowest BCUT2D eigenvalue weighted by Gasteiger charge is -2.02. The summed E-state index contributed by atoms with van der Waals surface area (Å²) in [5.74, 6) is 0. The van der Waals surface area contributed by atoms with Gasteiger partial charge in [0, 0.05) is 18.5 Å². The van der Waals surface area contributed by atoms with E-state index in [0.29, 0.717) is 11.4 Å². The van der Waals surface area contributed by atoms with Crippen molar-refractivity contribution in [3.63, 3.8) is 0 Å². The zero-order valence-electron chi connectivity index (χ0n) is 15.2. The normalized spacial score (nSPS) is 11.3. The molecular formula is C22H19N3O2. The minimum Gasteiger partial charge on any atom is -0.258 e. The number of hydrogen-bond acceptors (Lipinski definition) is 4. The van der Waals surface area contributed by atoms with E-state index in [4.69, 9.17) is 0 Å². The van der Waals surface area contributed by atoms with Crippen LogP contribution in [-0.2, 0) is 0 Å². The number of rotatable bonds is 5. The van der Waals surface area contributed by atoms with Gasteiger partial charge in [-0.2, -0.15) is 0 Å². The van der Waals surface area contributed by atoms with Crippen molar-refractivity contribution >= 4 is 29.5 Å². The first kappa shape index (κ1) is 18.2. The van der Waals surface area contributed by atoms with Gasteiger partial charge in [-0.1, -0.05) is 48.5 Å². The summed E-state index contributed by atoms with van der Waals surface area (Å²) in [6.45, 7) is 3.96. The third-order valence-electron chi connectivity index (χ3n) is 4.23. The predicted octanol–water partition coefficient (Wildman–Crippen LogP) is 5.71. The quantitative estimate of drug-likeness (QED) is 0.333. The van der Waals surface area contributed by atoms with Crippen molar-refractivity contribution in [2.24, 2.45) is 9.98 Å². The standard InChI is InChI=1S/C22H19N3O2/c1-16-7-3-5-9-18(16)14-23-20-11-12-21(22(13-20)25(26)27)24-15-19-10-6-4-8-17(19)2/h3-15H,1-2H3. The number of nitro groups is 1. The van der Waals surface area contributed by atoms with Gasteiger partial charge in [-0.05, 0) is 48.2 Å². The van der Waals surface area contributed by atoms with Crippen LogP contribution in [0.3, 0.4) is 0 Å². The van der Waals surface area contributed by atoms with E-state index in [-0.39, 0.29) is 5.69 Å². The third kappa shape index (κ3) is 4.52. The monoisotopic (exact) mass is 357 g/mol. The molecule has 0 heterocycles. The van der Waals surface area contributed by atoms with Crippen LogP contribution in [0.15, 0.2) is 76.7 Å². The summed E-state index contributed by atoms with van der Waals surface area (Å²) < 4.78 is 0. The van der Waals surface area contributed by atoms with E-state index < -0.39 is 4.92 Å². The van der Waals surface area contributed by atoms with Crippen LogP contribution in [0, 0.1) is 24.0 Å². The van der Waals surface area contributed by atoms with E-state index in [0.717, 1.165) is 22.3 Å². The molecule has 0 atom stereocenters. The first-order valence-corrected chi connectivity index (χ1v) is 8.52. The Labute approximate surface area is 157 Å². The van der Waals surface area contributed by atoms with Crippen molar-refractivity contribution in [3.8, 4) is 0 Å². The molecule has 27 heavy (non-hydrogen) atoms. The number of benzene rings is 3. The molecule has 0 unspecified atom stereocenters. The molecule has 0 N–H and O–H groups in total. The Kier molecular flexibility index (Phi) is 5.52. The molecule has 0 amide bonds. The van der Waals surface area contributed by atoms with E-state index in [2.05, 4.69) is 9.98 Å². The highest BCUT2D eigenvalue weighted by Gasteiger charge is 2.13. The van der Waals surface area contributed by atoms with Crippen LogP contribution in [0.5, 0.6) is 0 Å². The Bertz CT molecular complexity index is 1040. The number of hydrogen-bond donors (Lipinski definition) is 0. The lowest BCUT2D eigenvalue weighted by atomic mass is 10.1. The van der Waals surface area contributed by atoms with Crippen molar-refractivity contribution in [2.45, 2.75) is 13.8 Å². The highest BCUT2D eigenvalue weighted by molar-refractivity contribution is 5.86. The van der Waals surface area contributed by atoms with Crippen LogP contribution >= 0.6 is 0 Å². The molecule has 5 heteroatoms. The number of aryl methyl sites for hydroxylation is 2. The van der Waals surface area contributed by atoms with Gasteiger partial charge in [0.2, 0.25) is 0 Å². The molecule has 0 aliphatic carbocycles. The maximum atomic E-state index is 11.5. The van der Waals surface area contributed by atoms with Crippen LogP contribution in [0.4, 0.5) is 17.1 Å². The molecule has 0 fully saturated rings. The zero-order chi connectivity index (χ0) is 19.2. The number of nitro benzene ring substituents is 1. The van der Waals surface area contributed by atoms with E-state index in [9.17, 15) is 10.1 Å². The molecule has 0 aromatic heterocycles. The minimum absolute atomic E-state index is 0.0701. The van der Waals surface area contributed by atoms with Gasteiger partial charge >= 0.3 is 0 Å². The summed E-state index contributed by atoms with van der Waals surface area (Å²) in [5, 5.41) is 11.5. The van der Waals surface area contributed by atoms with Gasteiger partial charge in [0.1, 0.15) is 5.69 Å². The second-order valence-corrected chi connectivity index (χ2v) is 6.16. The second-order valence-electron chi connectivity index (χ2n) is 6.16. The van der Waals surface area contributed by atoms with Gasteiger partial charge in [0.15, 0.2) is 0 Å². The number of aliphatic imine (C=N–C) groups is 2. The smallest absolute Gasteiger partial charge is 0.258 e. The van der Waals surface area contributed by atoms with Crippen molar-refractivity contribution in [1.82, 2.24) is 0 Å².